The van der Waals surface area contributed by atoms with E-state index in [9.17, 15) is 0 Å². The highest BCUT2D eigenvalue weighted by atomic mass is 16.5. The minimum Gasteiger partial charge on any atom is -0.491 e. The lowest BCUT2D eigenvalue weighted by molar-refractivity contribution is -0.0371. The van der Waals surface area contributed by atoms with Crippen molar-refractivity contribution in [2.75, 3.05) is 13.7 Å². The summed E-state index contributed by atoms with van der Waals surface area (Å²) in [6, 6.07) is 8.55. The number of methoxy groups -OCH3 is 1. The summed E-state index contributed by atoms with van der Waals surface area (Å²) in [7, 11) is 1.85. The van der Waals surface area contributed by atoms with E-state index < -0.39 is 0 Å². The first-order valence-electron chi connectivity index (χ1n) is 8.17. The van der Waals surface area contributed by atoms with Crippen molar-refractivity contribution in [3.63, 3.8) is 0 Å². The van der Waals surface area contributed by atoms with Crippen LogP contribution in [0.1, 0.15) is 58.1 Å². The van der Waals surface area contributed by atoms with Crippen molar-refractivity contribution in [3.8, 4) is 5.75 Å². The van der Waals surface area contributed by atoms with Crippen molar-refractivity contribution >= 4 is 0 Å². The molecule has 1 N–H and O–H groups in total. The minimum absolute atomic E-state index is 0.105. The molecular weight excluding hydrogens is 262 g/mol. The van der Waals surface area contributed by atoms with E-state index in [2.05, 4.69) is 44.3 Å². The first-order valence-corrected chi connectivity index (χ1v) is 8.17. The molecule has 21 heavy (non-hydrogen) atoms. The number of hydrogen-bond donors (Lipinski definition) is 1. The average molecular weight is 291 g/mol. The molecule has 118 valence electrons. The zero-order valence-electron chi connectivity index (χ0n) is 13.8. The van der Waals surface area contributed by atoms with Gasteiger partial charge in [0.15, 0.2) is 0 Å². The van der Waals surface area contributed by atoms with Crippen molar-refractivity contribution in [1.82, 2.24) is 5.32 Å². The molecule has 1 saturated carbocycles. The fourth-order valence-corrected chi connectivity index (χ4v) is 3.45. The van der Waals surface area contributed by atoms with Gasteiger partial charge >= 0.3 is 0 Å². The van der Waals surface area contributed by atoms with Crippen LogP contribution in [0.4, 0.5) is 0 Å². The maximum Gasteiger partial charge on any atom is 0.124 e. The Morgan fingerprint density at radius 1 is 1.19 bits per heavy atom. The van der Waals surface area contributed by atoms with E-state index in [0.717, 1.165) is 25.1 Å². The molecule has 0 saturated heterocycles. The quantitative estimate of drug-likeness (QED) is 0.821. The van der Waals surface area contributed by atoms with Crippen LogP contribution in [-0.2, 0) is 4.74 Å². The third kappa shape index (κ3) is 3.58. The normalized spacial score (nSPS) is 18.9. The molecule has 0 heterocycles. The molecule has 3 nitrogen and oxygen atoms in total. The molecule has 1 aliphatic carbocycles. The lowest BCUT2D eigenvalue weighted by Gasteiger charge is -2.38. The van der Waals surface area contributed by atoms with E-state index in [1.54, 1.807) is 0 Å². The van der Waals surface area contributed by atoms with Gasteiger partial charge in [0.2, 0.25) is 0 Å². The molecule has 1 unspecified atom stereocenters. The molecule has 3 heteroatoms. The van der Waals surface area contributed by atoms with Gasteiger partial charge in [-0.1, -0.05) is 38.0 Å². The summed E-state index contributed by atoms with van der Waals surface area (Å²) in [6.07, 6.45) is 4.87. The number of benzene rings is 1. The van der Waals surface area contributed by atoms with Crippen molar-refractivity contribution in [3.05, 3.63) is 29.8 Å². The summed E-state index contributed by atoms with van der Waals surface area (Å²) in [5.41, 5.74) is 1.11. The predicted octanol–water partition coefficient (Wildman–Crippen LogP) is 4.08. The van der Waals surface area contributed by atoms with Crippen LogP contribution in [0.25, 0.3) is 0 Å². The van der Waals surface area contributed by atoms with Gasteiger partial charge in [-0.3, -0.25) is 0 Å². The number of hydrogen-bond acceptors (Lipinski definition) is 3. The second kappa shape index (κ2) is 7.28. The molecule has 0 spiro atoms. The summed E-state index contributed by atoms with van der Waals surface area (Å²) in [4.78, 5) is 0. The molecule has 1 atom stereocenters. The zero-order chi connectivity index (χ0) is 15.3. The molecule has 1 aromatic carbocycles. The first-order chi connectivity index (χ1) is 10.1. The Labute approximate surface area is 129 Å². The van der Waals surface area contributed by atoms with Crippen LogP contribution < -0.4 is 10.1 Å². The van der Waals surface area contributed by atoms with Crippen LogP contribution in [0, 0.1) is 0 Å². The highest BCUT2D eigenvalue weighted by Gasteiger charge is 2.43. The van der Waals surface area contributed by atoms with Gasteiger partial charge in [0.1, 0.15) is 5.75 Å². The van der Waals surface area contributed by atoms with E-state index in [1.807, 2.05) is 13.2 Å². The third-order valence-electron chi connectivity index (χ3n) is 4.38. The van der Waals surface area contributed by atoms with Gasteiger partial charge in [0.05, 0.1) is 17.7 Å². The van der Waals surface area contributed by atoms with Gasteiger partial charge in [0.25, 0.3) is 0 Å². The van der Waals surface area contributed by atoms with Gasteiger partial charge in [0, 0.05) is 12.7 Å². The van der Waals surface area contributed by atoms with E-state index >= 15 is 0 Å². The Morgan fingerprint density at radius 2 is 1.86 bits per heavy atom. The maximum absolute atomic E-state index is 6.03. The van der Waals surface area contributed by atoms with Crippen LogP contribution in [0.2, 0.25) is 0 Å². The Morgan fingerprint density at radius 3 is 2.43 bits per heavy atom. The number of ether oxygens (including phenoxy) is 2. The second-order valence-corrected chi connectivity index (χ2v) is 6.17. The largest absolute Gasteiger partial charge is 0.491 e. The van der Waals surface area contributed by atoms with Crippen LogP contribution in [-0.4, -0.2) is 25.4 Å². The van der Waals surface area contributed by atoms with E-state index in [0.29, 0.717) is 0 Å². The molecule has 0 radical (unpaired) electrons. The Balaban J connectivity index is 2.38. The van der Waals surface area contributed by atoms with E-state index in [-0.39, 0.29) is 17.7 Å². The monoisotopic (exact) mass is 291 g/mol. The Bertz CT molecular complexity index is 439. The molecule has 1 fully saturated rings. The fraction of sp³-hybridized carbons (Fsp3) is 0.667. The van der Waals surface area contributed by atoms with Crippen LogP contribution in [0.3, 0.4) is 0 Å². The van der Waals surface area contributed by atoms with Gasteiger partial charge in [-0.25, -0.2) is 0 Å². The van der Waals surface area contributed by atoms with Crippen LogP contribution >= 0.6 is 0 Å². The summed E-state index contributed by atoms with van der Waals surface area (Å²) in [5.74, 6) is 0.974. The molecular formula is C18H29NO2. The van der Waals surface area contributed by atoms with Gasteiger partial charge in [-0.15, -0.1) is 0 Å². The molecule has 0 aliphatic heterocycles. The van der Waals surface area contributed by atoms with E-state index in [1.165, 1.54) is 18.4 Å². The molecule has 0 bridgehead atoms. The SMILES string of the molecule is CCNC(c1ccccc1OC(C)C)C1(OC)CCCC1. The lowest BCUT2D eigenvalue weighted by Crippen LogP contribution is -2.43. The number of para-hydroxylation sites is 1. The average Bonchev–Trinajstić information content (AvgIpc) is 2.95. The zero-order valence-corrected chi connectivity index (χ0v) is 13.8. The number of rotatable bonds is 7. The van der Waals surface area contributed by atoms with E-state index in [4.69, 9.17) is 9.47 Å². The smallest absolute Gasteiger partial charge is 0.124 e. The topological polar surface area (TPSA) is 30.5 Å². The van der Waals surface area contributed by atoms with Crippen LogP contribution in [0.15, 0.2) is 24.3 Å². The summed E-state index contributed by atoms with van der Waals surface area (Å²) < 4.78 is 12.0. The molecule has 0 amide bonds. The van der Waals surface area contributed by atoms with Crippen molar-refractivity contribution < 1.29 is 9.47 Å². The fourth-order valence-electron chi connectivity index (χ4n) is 3.45. The summed E-state index contributed by atoms with van der Waals surface area (Å²) in [6.45, 7) is 7.21. The minimum atomic E-state index is -0.105. The maximum atomic E-state index is 6.03. The first kappa shape index (κ1) is 16.3. The standard InChI is InChI=1S/C18H29NO2/c1-5-19-17(18(20-4)12-8-9-13-18)15-10-6-7-11-16(15)21-14(2)3/h6-7,10-11,14,17,19H,5,8-9,12-13H2,1-4H3. The highest BCUT2D eigenvalue weighted by molar-refractivity contribution is 5.38. The van der Waals surface area contributed by atoms with Gasteiger partial charge in [-0.2, -0.15) is 0 Å². The van der Waals surface area contributed by atoms with Crippen LogP contribution in [0.5, 0.6) is 5.75 Å². The molecule has 1 aromatic rings. The predicted molar refractivity (Wildman–Crippen MR) is 86.8 cm³/mol. The van der Waals surface area contributed by atoms with Crippen molar-refractivity contribution in [2.24, 2.45) is 0 Å². The Kier molecular flexibility index (Phi) is 5.65. The van der Waals surface area contributed by atoms with Gasteiger partial charge in [-0.05, 0) is 39.3 Å². The number of likely N-dealkylation sites (N-methyl/N-ethyl adjacent to an activating group) is 1. The second-order valence-electron chi connectivity index (χ2n) is 6.17. The summed E-state index contributed by atoms with van der Waals surface area (Å²) in [5, 5.41) is 3.64. The van der Waals surface area contributed by atoms with Crippen molar-refractivity contribution in [1.29, 1.82) is 0 Å². The molecule has 2 rings (SSSR count). The molecule has 0 aromatic heterocycles. The lowest BCUT2D eigenvalue weighted by atomic mass is 9.86. The van der Waals surface area contributed by atoms with Gasteiger partial charge < -0.3 is 14.8 Å². The Hall–Kier alpha value is -1.06. The number of nitrogens with one attached hydrogen (secondary N) is 1. The van der Waals surface area contributed by atoms with Crippen molar-refractivity contribution in [2.45, 2.75) is 64.2 Å². The highest BCUT2D eigenvalue weighted by Crippen LogP contribution is 2.44. The third-order valence-corrected chi connectivity index (χ3v) is 4.38. The summed E-state index contributed by atoms with van der Waals surface area (Å²) >= 11 is 0. The molecule has 1 aliphatic rings.